The molecule has 9 aromatic rings. The highest BCUT2D eigenvalue weighted by molar-refractivity contribution is 6.22. The molecule has 2 heteroatoms. The average molecular weight is 704 g/mol. The number of allylic oxidation sites excluding steroid dienone is 2. The van der Waals surface area contributed by atoms with Crippen molar-refractivity contribution in [1.82, 2.24) is 0 Å². The molecule has 0 aliphatic heterocycles. The number of rotatable bonds is 6. The Balaban J connectivity index is 1.04. The number of furan rings is 1. The van der Waals surface area contributed by atoms with E-state index in [1.807, 2.05) is 0 Å². The maximum absolute atomic E-state index is 6.79. The molecule has 2 nitrogen and oxygen atoms in total. The Bertz CT molecular complexity index is 2910. The van der Waals surface area contributed by atoms with Crippen LogP contribution in [0.5, 0.6) is 0 Å². The van der Waals surface area contributed by atoms with Crippen LogP contribution < -0.4 is 4.90 Å². The van der Waals surface area contributed by atoms with Crippen LogP contribution in [0.25, 0.3) is 55.0 Å². The first-order chi connectivity index (χ1) is 27.3. The van der Waals surface area contributed by atoms with Gasteiger partial charge in [0, 0.05) is 28.2 Å². The number of benzene rings is 8. The summed E-state index contributed by atoms with van der Waals surface area (Å²) in [6, 6.07) is 68.2. The molecule has 0 saturated carbocycles. The summed E-state index contributed by atoms with van der Waals surface area (Å²) in [5.41, 5.74) is 13.9. The minimum atomic E-state index is -0.401. The normalized spacial score (nSPS) is 15.6. The number of para-hydroxylation sites is 1. The Labute approximate surface area is 320 Å². The van der Waals surface area contributed by atoms with E-state index in [4.69, 9.17) is 4.42 Å². The van der Waals surface area contributed by atoms with Gasteiger partial charge in [0.2, 0.25) is 0 Å². The summed E-state index contributed by atoms with van der Waals surface area (Å²) in [5.74, 6) is 0. The molecule has 1 unspecified atom stereocenters. The van der Waals surface area contributed by atoms with Crippen LogP contribution in [0.4, 0.5) is 11.4 Å². The molecule has 0 N–H and O–H groups in total. The van der Waals surface area contributed by atoms with Gasteiger partial charge in [0.1, 0.15) is 11.2 Å². The highest BCUT2D eigenvalue weighted by atomic mass is 16.3. The molecule has 0 bridgehead atoms. The molecule has 2 aliphatic carbocycles. The van der Waals surface area contributed by atoms with Gasteiger partial charge in [-0.2, -0.15) is 0 Å². The summed E-state index contributed by atoms with van der Waals surface area (Å²) in [4.78, 5) is 2.47. The van der Waals surface area contributed by atoms with Gasteiger partial charge in [-0.05, 0) is 92.0 Å². The zero-order valence-electron chi connectivity index (χ0n) is 30.3. The molecule has 260 valence electrons. The summed E-state index contributed by atoms with van der Waals surface area (Å²) in [6.07, 6.45) is 8.15. The third kappa shape index (κ3) is 4.81. The van der Waals surface area contributed by atoms with E-state index >= 15 is 0 Å². The van der Waals surface area contributed by atoms with Crippen LogP contribution in [0, 0.1) is 0 Å². The molecule has 0 fully saturated rings. The Morgan fingerprint density at radius 2 is 1.11 bits per heavy atom. The van der Waals surface area contributed by atoms with E-state index in [0.717, 1.165) is 39.7 Å². The predicted molar refractivity (Wildman–Crippen MR) is 229 cm³/mol. The molecule has 11 rings (SSSR count). The van der Waals surface area contributed by atoms with E-state index in [1.165, 1.54) is 55.3 Å². The van der Waals surface area contributed by atoms with Crippen molar-refractivity contribution in [3.63, 3.8) is 0 Å². The van der Waals surface area contributed by atoms with E-state index in [2.05, 4.69) is 211 Å². The van der Waals surface area contributed by atoms with Crippen molar-refractivity contribution < 1.29 is 4.42 Å². The first-order valence-corrected chi connectivity index (χ1v) is 19.2. The van der Waals surface area contributed by atoms with Gasteiger partial charge in [0.25, 0.3) is 0 Å². The molecule has 2 aliphatic rings. The minimum Gasteiger partial charge on any atom is -0.456 e. The van der Waals surface area contributed by atoms with E-state index in [9.17, 15) is 0 Å². The van der Waals surface area contributed by atoms with Crippen molar-refractivity contribution in [3.8, 4) is 22.3 Å². The Morgan fingerprint density at radius 1 is 0.491 bits per heavy atom. The van der Waals surface area contributed by atoms with Crippen LogP contribution in [-0.4, -0.2) is 6.04 Å². The molecular weight excluding hydrogens is 667 g/mol. The van der Waals surface area contributed by atoms with E-state index in [-0.39, 0.29) is 6.04 Å². The summed E-state index contributed by atoms with van der Waals surface area (Å²) < 4.78 is 6.79. The second-order valence-electron chi connectivity index (χ2n) is 14.7. The molecule has 55 heavy (non-hydrogen) atoms. The van der Waals surface area contributed by atoms with Crippen molar-refractivity contribution in [2.75, 3.05) is 4.90 Å². The SMILES string of the molecule is C1=CC(N(c2ccccc2)c2ccc3c(c2)oc2cc(-c4ccccc4)c4ccccc4c23)CC=C1C1(c2ccccc2)c2ccccc2-c2ccccc21. The van der Waals surface area contributed by atoms with E-state index in [0.29, 0.717) is 0 Å². The van der Waals surface area contributed by atoms with E-state index in [1.54, 1.807) is 0 Å². The molecule has 1 heterocycles. The van der Waals surface area contributed by atoms with Crippen LogP contribution in [0.1, 0.15) is 23.1 Å². The number of anilines is 2. The molecular formula is C53H37NO. The average Bonchev–Trinajstić information content (AvgIpc) is 3.78. The van der Waals surface area contributed by atoms with Crippen molar-refractivity contribution in [3.05, 3.63) is 229 Å². The zero-order chi connectivity index (χ0) is 36.3. The fourth-order valence-electron chi connectivity index (χ4n) is 9.55. The van der Waals surface area contributed by atoms with E-state index < -0.39 is 5.41 Å². The zero-order valence-corrected chi connectivity index (χ0v) is 30.3. The Kier molecular flexibility index (Phi) is 7.25. The van der Waals surface area contributed by atoms with Gasteiger partial charge in [-0.3, -0.25) is 0 Å². The van der Waals surface area contributed by atoms with Crippen molar-refractivity contribution in [2.24, 2.45) is 0 Å². The van der Waals surface area contributed by atoms with Crippen LogP contribution in [0.3, 0.4) is 0 Å². The highest BCUT2D eigenvalue weighted by Gasteiger charge is 2.47. The van der Waals surface area contributed by atoms with Gasteiger partial charge < -0.3 is 9.32 Å². The maximum atomic E-state index is 6.79. The minimum absolute atomic E-state index is 0.0956. The Morgan fingerprint density at radius 3 is 1.80 bits per heavy atom. The summed E-state index contributed by atoms with van der Waals surface area (Å²) >= 11 is 0. The number of fused-ring (bicyclic) bond motifs is 8. The summed E-state index contributed by atoms with van der Waals surface area (Å²) in [5, 5.41) is 4.74. The largest absolute Gasteiger partial charge is 0.456 e. The van der Waals surface area contributed by atoms with Gasteiger partial charge in [0.05, 0.1) is 11.5 Å². The third-order valence-corrected chi connectivity index (χ3v) is 11.9. The van der Waals surface area contributed by atoms with Crippen molar-refractivity contribution in [2.45, 2.75) is 17.9 Å². The third-order valence-electron chi connectivity index (χ3n) is 11.9. The van der Waals surface area contributed by atoms with Crippen LogP contribution in [0.2, 0.25) is 0 Å². The maximum Gasteiger partial charge on any atom is 0.137 e. The second kappa shape index (κ2) is 12.6. The first-order valence-electron chi connectivity index (χ1n) is 19.2. The lowest BCUT2D eigenvalue weighted by Gasteiger charge is -2.38. The van der Waals surface area contributed by atoms with Gasteiger partial charge >= 0.3 is 0 Å². The summed E-state index contributed by atoms with van der Waals surface area (Å²) in [7, 11) is 0. The predicted octanol–water partition coefficient (Wildman–Crippen LogP) is 13.8. The fourth-order valence-corrected chi connectivity index (χ4v) is 9.55. The lowest BCUT2D eigenvalue weighted by molar-refractivity contribution is 0.668. The lowest BCUT2D eigenvalue weighted by atomic mass is 9.66. The van der Waals surface area contributed by atoms with Crippen molar-refractivity contribution >= 4 is 44.1 Å². The smallest absolute Gasteiger partial charge is 0.137 e. The van der Waals surface area contributed by atoms with Crippen molar-refractivity contribution in [1.29, 1.82) is 0 Å². The van der Waals surface area contributed by atoms with Gasteiger partial charge in [-0.1, -0.05) is 170 Å². The second-order valence-corrected chi connectivity index (χ2v) is 14.7. The molecule has 1 aromatic heterocycles. The quantitative estimate of drug-likeness (QED) is 0.171. The Hall–Kier alpha value is -6.90. The molecule has 1 atom stereocenters. The number of hydrogen-bond acceptors (Lipinski definition) is 2. The van der Waals surface area contributed by atoms with Crippen LogP contribution >= 0.6 is 0 Å². The topological polar surface area (TPSA) is 16.4 Å². The highest BCUT2D eigenvalue weighted by Crippen LogP contribution is 2.57. The summed E-state index contributed by atoms with van der Waals surface area (Å²) in [6.45, 7) is 0. The molecule has 0 spiro atoms. The molecule has 8 aromatic carbocycles. The molecule has 0 amide bonds. The first kappa shape index (κ1) is 31.6. The standard InChI is InChI=1S/C53H37NO/c1-4-16-36(17-5-1)47-35-51-52(45-25-11-10-22-42(45)47)46-33-32-41(34-50(46)55-51)54(39-20-8-3-9-21-39)40-30-28-38(29-31-40)53(37-18-6-2-7-19-37)48-26-14-12-23-43(48)44-24-13-15-27-49(44)53/h1-30,32-35,40H,31H2. The monoisotopic (exact) mass is 703 g/mol. The molecule has 0 saturated heterocycles. The number of hydrogen-bond donors (Lipinski definition) is 0. The van der Waals surface area contributed by atoms with Crippen LogP contribution in [-0.2, 0) is 5.41 Å². The van der Waals surface area contributed by atoms with Crippen LogP contribution in [0.15, 0.2) is 216 Å². The number of nitrogens with zero attached hydrogens (tertiary/aromatic N) is 1. The van der Waals surface area contributed by atoms with Gasteiger partial charge in [0.15, 0.2) is 0 Å². The van der Waals surface area contributed by atoms with Gasteiger partial charge in [-0.25, -0.2) is 0 Å². The lowest BCUT2D eigenvalue weighted by Crippen LogP contribution is -2.34. The molecule has 0 radical (unpaired) electrons. The fraction of sp³-hybridized carbons (Fsp3) is 0.0566. The van der Waals surface area contributed by atoms with Gasteiger partial charge in [-0.15, -0.1) is 0 Å².